The average Bonchev–Trinajstić information content (AvgIpc) is 2.62. The van der Waals surface area contributed by atoms with E-state index in [-0.39, 0.29) is 0 Å². The number of pyridine rings is 1. The summed E-state index contributed by atoms with van der Waals surface area (Å²) in [7, 11) is 0. The van der Waals surface area contributed by atoms with Crippen LogP contribution in [0.2, 0.25) is 5.02 Å². The van der Waals surface area contributed by atoms with Crippen LogP contribution in [-0.4, -0.2) is 4.98 Å². The van der Waals surface area contributed by atoms with Gasteiger partial charge >= 0.3 is 0 Å². The molecule has 2 rings (SSSR count). The smallest absolute Gasteiger partial charge is 0.0981 e. The van der Waals surface area contributed by atoms with E-state index in [0.29, 0.717) is 5.02 Å². The first-order chi connectivity index (χ1) is 6.27. The molecular formula is C10H8ClNO. The summed E-state index contributed by atoms with van der Waals surface area (Å²) in [6, 6.07) is 3.76. The van der Waals surface area contributed by atoms with E-state index in [2.05, 4.69) is 4.98 Å². The van der Waals surface area contributed by atoms with Gasteiger partial charge in [0.2, 0.25) is 0 Å². The molecule has 0 atom stereocenters. The Balaban J connectivity index is 2.49. The predicted molar refractivity (Wildman–Crippen MR) is 51.7 cm³/mol. The molecule has 0 aliphatic rings. The van der Waals surface area contributed by atoms with Crippen molar-refractivity contribution in [2.45, 2.75) is 6.92 Å². The lowest BCUT2D eigenvalue weighted by Gasteiger charge is -1.99. The van der Waals surface area contributed by atoms with Gasteiger partial charge in [0.1, 0.15) is 0 Å². The third kappa shape index (κ3) is 1.58. The van der Waals surface area contributed by atoms with Crippen LogP contribution in [0.1, 0.15) is 5.69 Å². The topological polar surface area (TPSA) is 26.0 Å². The van der Waals surface area contributed by atoms with Crippen LogP contribution in [0.25, 0.3) is 11.1 Å². The number of hydrogen-bond acceptors (Lipinski definition) is 2. The second-order valence-electron chi connectivity index (χ2n) is 2.80. The number of furan rings is 1. The van der Waals surface area contributed by atoms with Crippen molar-refractivity contribution in [2.24, 2.45) is 0 Å². The quantitative estimate of drug-likeness (QED) is 0.695. The highest BCUT2D eigenvalue weighted by Crippen LogP contribution is 2.23. The molecule has 0 aliphatic carbocycles. The fourth-order valence-corrected chi connectivity index (χ4v) is 1.26. The number of hydrogen-bond donors (Lipinski definition) is 0. The predicted octanol–water partition coefficient (Wildman–Crippen LogP) is 3.30. The van der Waals surface area contributed by atoms with Crippen molar-refractivity contribution >= 4 is 11.6 Å². The van der Waals surface area contributed by atoms with E-state index >= 15 is 0 Å². The van der Waals surface area contributed by atoms with Crippen molar-refractivity contribution in [1.82, 2.24) is 4.98 Å². The van der Waals surface area contributed by atoms with E-state index < -0.39 is 0 Å². The maximum absolute atomic E-state index is 5.94. The van der Waals surface area contributed by atoms with Gasteiger partial charge in [-0.3, -0.25) is 4.98 Å². The molecule has 2 aromatic heterocycles. The Hall–Kier alpha value is -1.28. The van der Waals surface area contributed by atoms with Gasteiger partial charge in [-0.25, -0.2) is 0 Å². The van der Waals surface area contributed by atoms with Crippen LogP contribution in [0.4, 0.5) is 0 Å². The van der Waals surface area contributed by atoms with Crippen LogP contribution >= 0.6 is 11.6 Å². The fourth-order valence-electron chi connectivity index (χ4n) is 1.09. The van der Waals surface area contributed by atoms with Gasteiger partial charge in [-0.2, -0.15) is 0 Å². The zero-order valence-electron chi connectivity index (χ0n) is 7.12. The molecule has 0 amide bonds. The zero-order chi connectivity index (χ0) is 9.26. The Morgan fingerprint density at radius 3 is 2.85 bits per heavy atom. The lowest BCUT2D eigenvalue weighted by molar-refractivity contribution is 0.568. The first-order valence-electron chi connectivity index (χ1n) is 3.92. The summed E-state index contributed by atoms with van der Waals surface area (Å²) < 4.78 is 4.97. The van der Waals surface area contributed by atoms with Gasteiger partial charge in [0.05, 0.1) is 23.2 Å². The van der Waals surface area contributed by atoms with Crippen LogP contribution in [0.15, 0.2) is 35.3 Å². The SMILES string of the molecule is Cc1ncc(-c2ccoc2)cc1Cl. The summed E-state index contributed by atoms with van der Waals surface area (Å²) in [5, 5.41) is 0.679. The van der Waals surface area contributed by atoms with E-state index in [1.165, 1.54) is 0 Å². The van der Waals surface area contributed by atoms with E-state index in [0.717, 1.165) is 16.8 Å². The number of aromatic nitrogens is 1. The third-order valence-corrected chi connectivity index (χ3v) is 2.26. The molecule has 0 saturated heterocycles. The second kappa shape index (κ2) is 3.23. The summed E-state index contributed by atoms with van der Waals surface area (Å²) in [6.07, 6.45) is 5.08. The van der Waals surface area contributed by atoms with Crippen LogP contribution in [0.3, 0.4) is 0 Å². The van der Waals surface area contributed by atoms with Crippen molar-refractivity contribution in [2.75, 3.05) is 0 Å². The Morgan fingerprint density at radius 1 is 1.38 bits per heavy atom. The van der Waals surface area contributed by atoms with E-state index in [9.17, 15) is 0 Å². The van der Waals surface area contributed by atoms with Gasteiger partial charge in [0.25, 0.3) is 0 Å². The molecule has 13 heavy (non-hydrogen) atoms. The van der Waals surface area contributed by atoms with Gasteiger partial charge in [-0.1, -0.05) is 11.6 Å². The molecular weight excluding hydrogens is 186 g/mol. The minimum Gasteiger partial charge on any atom is -0.472 e. The molecule has 2 aromatic rings. The summed E-state index contributed by atoms with van der Waals surface area (Å²) in [6.45, 7) is 1.88. The van der Waals surface area contributed by atoms with Gasteiger partial charge in [0, 0.05) is 17.3 Å². The first kappa shape index (κ1) is 8.32. The minimum absolute atomic E-state index is 0.679. The largest absolute Gasteiger partial charge is 0.472 e. The maximum atomic E-state index is 5.94. The number of nitrogens with zero attached hydrogens (tertiary/aromatic N) is 1. The fraction of sp³-hybridized carbons (Fsp3) is 0.100. The van der Waals surface area contributed by atoms with Crippen LogP contribution in [0.5, 0.6) is 0 Å². The van der Waals surface area contributed by atoms with E-state index in [1.54, 1.807) is 18.7 Å². The molecule has 0 aliphatic heterocycles. The minimum atomic E-state index is 0.679. The molecule has 0 fully saturated rings. The third-order valence-electron chi connectivity index (χ3n) is 1.88. The Bertz CT molecular complexity index is 409. The maximum Gasteiger partial charge on any atom is 0.0981 e. The molecule has 0 saturated carbocycles. The standard InChI is InChI=1S/C10H8ClNO/c1-7-10(11)4-9(5-12-7)8-2-3-13-6-8/h2-6H,1H3. The molecule has 0 aromatic carbocycles. The number of halogens is 1. The zero-order valence-corrected chi connectivity index (χ0v) is 7.88. The average molecular weight is 194 g/mol. The summed E-state index contributed by atoms with van der Waals surface area (Å²) in [4.78, 5) is 4.16. The van der Waals surface area contributed by atoms with Crippen LogP contribution in [-0.2, 0) is 0 Å². The number of aryl methyl sites for hydroxylation is 1. The van der Waals surface area contributed by atoms with Gasteiger partial charge in [-0.15, -0.1) is 0 Å². The molecule has 66 valence electrons. The summed E-state index contributed by atoms with van der Waals surface area (Å²) in [5.74, 6) is 0. The molecule has 0 N–H and O–H groups in total. The molecule has 0 radical (unpaired) electrons. The lowest BCUT2D eigenvalue weighted by atomic mass is 10.1. The van der Waals surface area contributed by atoms with Crippen molar-refractivity contribution in [3.05, 3.63) is 41.6 Å². The molecule has 3 heteroatoms. The highest BCUT2D eigenvalue weighted by molar-refractivity contribution is 6.31. The second-order valence-corrected chi connectivity index (χ2v) is 3.21. The van der Waals surface area contributed by atoms with E-state index in [1.807, 2.05) is 19.1 Å². The van der Waals surface area contributed by atoms with Crippen molar-refractivity contribution in [3.8, 4) is 11.1 Å². The summed E-state index contributed by atoms with van der Waals surface area (Å²) >= 11 is 5.94. The highest BCUT2D eigenvalue weighted by atomic mass is 35.5. The molecule has 0 spiro atoms. The van der Waals surface area contributed by atoms with Crippen LogP contribution < -0.4 is 0 Å². The molecule has 2 heterocycles. The van der Waals surface area contributed by atoms with Crippen molar-refractivity contribution in [1.29, 1.82) is 0 Å². The molecule has 2 nitrogen and oxygen atoms in total. The first-order valence-corrected chi connectivity index (χ1v) is 4.30. The molecule has 0 bridgehead atoms. The summed E-state index contributed by atoms with van der Waals surface area (Å²) in [5.41, 5.74) is 2.81. The number of rotatable bonds is 1. The Labute approximate surface area is 81.2 Å². The van der Waals surface area contributed by atoms with Gasteiger partial charge in [0.15, 0.2) is 0 Å². The Morgan fingerprint density at radius 2 is 2.23 bits per heavy atom. The van der Waals surface area contributed by atoms with Crippen molar-refractivity contribution < 1.29 is 4.42 Å². The van der Waals surface area contributed by atoms with Gasteiger partial charge in [-0.05, 0) is 19.1 Å². The normalized spacial score (nSPS) is 10.3. The van der Waals surface area contributed by atoms with Crippen molar-refractivity contribution in [3.63, 3.8) is 0 Å². The highest BCUT2D eigenvalue weighted by Gasteiger charge is 2.02. The Kier molecular flexibility index (Phi) is 2.07. The van der Waals surface area contributed by atoms with E-state index in [4.69, 9.17) is 16.0 Å². The van der Waals surface area contributed by atoms with Crippen LogP contribution in [0, 0.1) is 6.92 Å². The lowest BCUT2D eigenvalue weighted by Crippen LogP contribution is -1.83. The monoisotopic (exact) mass is 193 g/mol. The molecule has 0 unspecified atom stereocenters. The van der Waals surface area contributed by atoms with Gasteiger partial charge < -0.3 is 4.42 Å².